The van der Waals surface area contributed by atoms with E-state index in [9.17, 15) is 19.7 Å². The standard InChI is InChI=1S/C26H29N3O6S2/c1-15-14-37-20(27-15)11-6-5-7-12-21(36)35-26(31)23-17(3)28-16(2)22(25(30)34-4)24(23)18-9-8-10-19(13-18)29(32)33/h8-10,13-14,22,24H,5-7,11-12H2,1-4H3. The molecule has 0 amide bonds. The summed E-state index contributed by atoms with van der Waals surface area (Å²) in [5.74, 6) is -3.14. The molecule has 9 nitrogen and oxygen atoms in total. The van der Waals surface area contributed by atoms with Crippen molar-refractivity contribution in [2.24, 2.45) is 10.9 Å². The largest absolute Gasteiger partial charge is 0.468 e. The smallest absolute Gasteiger partial charge is 0.342 e. The molecule has 1 aromatic carbocycles. The van der Waals surface area contributed by atoms with Crippen molar-refractivity contribution >= 4 is 51.9 Å². The number of allylic oxidation sites excluding steroid dienone is 1. The van der Waals surface area contributed by atoms with Crippen molar-refractivity contribution < 1.29 is 24.0 Å². The van der Waals surface area contributed by atoms with E-state index in [-0.39, 0.29) is 16.3 Å². The van der Waals surface area contributed by atoms with E-state index < -0.39 is 28.7 Å². The summed E-state index contributed by atoms with van der Waals surface area (Å²) in [7, 11) is 1.24. The van der Waals surface area contributed by atoms with Gasteiger partial charge in [-0.3, -0.25) is 19.9 Å². The number of aryl methyl sites for hydroxylation is 2. The van der Waals surface area contributed by atoms with Gasteiger partial charge in [-0.2, -0.15) is 0 Å². The molecule has 2 aromatic rings. The number of ether oxygens (including phenoxy) is 2. The van der Waals surface area contributed by atoms with Crippen molar-refractivity contribution in [3.63, 3.8) is 0 Å². The van der Waals surface area contributed by atoms with Gasteiger partial charge < -0.3 is 9.47 Å². The summed E-state index contributed by atoms with van der Waals surface area (Å²) >= 11 is 6.98. The lowest BCUT2D eigenvalue weighted by molar-refractivity contribution is -0.384. The second-order valence-corrected chi connectivity index (χ2v) is 10.2. The first kappa shape index (κ1) is 28.3. The SMILES string of the molecule is COC(=O)C1C(C)=NC(C)=C(C(=O)OC(=S)CCCCCc2nc(C)cs2)C1c1cccc([N+](=O)[O-])c1. The number of methoxy groups -OCH3 is 1. The van der Waals surface area contributed by atoms with Crippen LogP contribution in [0, 0.1) is 23.0 Å². The van der Waals surface area contributed by atoms with Gasteiger partial charge >= 0.3 is 11.9 Å². The summed E-state index contributed by atoms with van der Waals surface area (Å²) in [6.45, 7) is 5.27. The predicted molar refractivity (Wildman–Crippen MR) is 145 cm³/mol. The number of nitro benzene ring substituents is 1. The van der Waals surface area contributed by atoms with Crippen molar-refractivity contribution in [3.8, 4) is 0 Å². The molecule has 11 heteroatoms. The molecule has 1 aromatic heterocycles. The maximum Gasteiger partial charge on any atom is 0.342 e. The number of aromatic nitrogens is 1. The fourth-order valence-corrected chi connectivity index (χ4v) is 5.41. The third kappa shape index (κ3) is 7.14. The summed E-state index contributed by atoms with van der Waals surface area (Å²) in [6, 6.07) is 5.84. The average molecular weight is 544 g/mol. The van der Waals surface area contributed by atoms with Crippen LogP contribution in [0.4, 0.5) is 5.69 Å². The first-order valence-electron chi connectivity index (χ1n) is 11.9. The van der Waals surface area contributed by atoms with Gasteiger partial charge in [0.15, 0.2) is 5.05 Å². The number of aliphatic imine (C=N–C) groups is 1. The van der Waals surface area contributed by atoms with Crippen molar-refractivity contribution in [2.45, 2.75) is 58.8 Å². The number of unbranched alkanes of at least 4 members (excludes halogenated alkanes) is 2. The monoisotopic (exact) mass is 543 g/mol. The van der Waals surface area contributed by atoms with Crippen molar-refractivity contribution in [1.29, 1.82) is 0 Å². The average Bonchev–Trinajstić information content (AvgIpc) is 3.27. The maximum absolute atomic E-state index is 13.3. The number of thiocarbonyl (C=S) groups is 1. The van der Waals surface area contributed by atoms with Crippen molar-refractivity contribution in [1.82, 2.24) is 4.98 Å². The van der Waals surface area contributed by atoms with Gasteiger partial charge in [-0.15, -0.1) is 11.3 Å². The fraction of sp³-hybridized carbons (Fsp3) is 0.423. The van der Waals surface area contributed by atoms with Gasteiger partial charge in [0.05, 0.1) is 22.6 Å². The Morgan fingerprint density at radius 1 is 1.19 bits per heavy atom. The van der Waals surface area contributed by atoms with Crippen molar-refractivity contribution in [3.05, 3.63) is 67.3 Å². The summed E-state index contributed by atoms with van der Waals surface area (Å²) in [5, 5.41) is 14.7. The minimum absolute atomic E-state index is 0.128. The molecule has 0 saturated carbocycles. The Bertz CT molecular complexity index is 1270. The van der Waals surface area contributed by atoms with Gasteiger partial charge in [0, 0.05) is 47.0 Å². The van der Waals surface area contributed by atoms with Gasteiger partial charge in [-0.05, 0) is 57.8 Å². The molecular weight excluding hydrogens is 514 g/mol. The molecular formula is C26H29N3O6S2. The molecule has 0 fully saturated rings. The summed E-state index contributed by atoms with van der Waals surface area (Å²) in [6.07, 6.45) is 3.94. The van der Waals surface area contributed by atoms with Crippen LogP contribution in [0.25, 0.3) is 0 Å². The molecule has 0 saturated heterocycles. The number of carbonyl (C=O) groups is 2. The van der Waals surface area contributed by atoms with Crippen LogP contribution in [0.2, 0.25) is 0 Å². The molecule has 0 aliphatic carbocycles. The summed E-state index contributed by atoms with van der Waals surface area (Å²) in [4.78, 5) is 45.8. The number of hydrogen-bond donors (Lipinski definition) is 0. The third-order valence-corrected chi connectivity index (χ3v) is 7.40. The Morgan fingerprint density at radius 2 is 1.95 bits per heavy atom. The fourth-order valence-electron chi connectivity index (χ4n) is 4.38. The highest BCUT2D eigenvalue weighted by Crippen LogP contribution is 2.41. The van der Waals surface area contributed by atoms with Gasteiger partial charge in [0.1, 0.15) is 5.92 Å². The lowest BCUT2D eigenvalue weighted by atomic mass is 9.75. The van der Waals surface area contributed by atoms with E-state index in [1.807, 2.05) is 12.3 Å². The van der Waals surface area contributed by atoms with Gasteiger partial charge in [-0.25, -0.2) is 9.78 Å². The predicted octanol–water partition coefficient (Wildman–Crippen LogP) is 5.65. The lowest BCUT2D eigenvalue weighted by Gasteiger charge is -2.31. The molecule has 2 atom stereocenters. The molecule has 3 rings (SSSR count). The van der Waals surface area contributed by atoms with Crippen LogP contribution in [0.1, 0.15) is 61.7 Å². The molecule has 2 unspecified atom stereocenters. The molecule has 37 heavy (non-hydrogen) atoms. The van der Waals surface area contributed by atoms with Gasteiger partial charge in [-0.1, -0.05) is 18.6 Å². The molecule has 2 heterocycles. The van der Waals surface area contributed by atoms with Crippen LogP contribution in [0.3, 0.4) is 0 Å². The Morgan fingerprint density at radius 3 is 2.59 bits per heavy atom. The second kappa shape index (κ2) is 12.8. The number of thiazole rings is 1. The molecule has 1 aliphatic heterocycles. The summed E-state index contributed by atoms with van der Waals surface area (Å²) in [5.41, 5.74) is 2.21. The Balaban J connectivity index is 1.74. The van der Waals surface area contributed by atoms with Crippen molar-refractivity contribution in [2.75, 3.05) is 7.11 Å². The van der Waals surface area contributed by atoms with Gasteiger partial charge in [0.2, 0.25) is 0 Å². The van der Waals surface area contributed by atoms with Crippen LogP contribution in [0.15, 0.2) is 45.9 Å². The van der Waals surface area contributed by atoms with E-state index in [2.05, 4.69) is 9.98 Å². The number of hydrogen-bond acceptors (Lipinski definition) is 10. The summed E-state index contributed by atoms with van der Waals surface area (Å²) < 4.78 is 10.5. The van der Waals surface area contributed by atoms with Crippen LogP contribution >= 0.6 is 23.6 Å². The van der Waals surface area contributed by atoms with Gasteiger partial charge in [0.25, 0.3) is 5.69 Å². The number of carbonyl (C=O) groups excluding carboxylic acids is 2. The first-order valence-corrected chi connectivity index (χ1v) is 13.1. The van der Waals surface area contributed by atoms with Crippen LogP contribution in [-0.4, -0.2) is 39.7 Å². The zero-order valence-corrected chi connectivity index (χ0v) is 22.8. The number of nitro groups is 1. The minimum Gasteiger partial charge on any atom is -0.468 e. The van der Waals surface area contributed by atoms with E-state index in [0.29, 0.717) is 23.4 Å². The lowest BCUT2D eigenvalue weighted by Crippen LogP contribution is -2.36. The first-order chi connectivity index (χ1) is 17.6. The molecule has 1 aliphatic rings. The molecule has 196 valence electrons. The Kier molecular flexibility index (Phi) is 9.76. The van der Waals surface area contributed by atoms with Crippen LogP contribution in [-0.2, 0) is 25.5 Å². The number of nitrogens with zero attached hydrogens (tertiary/aromatic N) is 3. The highest BCUT2D eigenvalue weighted by Gasteiger charge is 2.42. The Labute approximate surface area is 224 Å². The van der Waals surface area contributed by atoms with E-state index >= 15 is 0 Å². The highest BCUT2D eigenvalue weighted by atomic mass is 32.1. The number of benzene rings is 1. The maximum atomic E-state index is 13.3. The highest BCUT2D eigenvalue weighted by molar-refractivity contribution is 7.80. The number of esters is 2. The topological polar surface area (TPSA) is 121 Å². The zero-order valence-electron chi connectivity index (χ0n) is 21.2. The molecule has 0 spiro atoms. The molecule has 0 radical (unpaired) electrons. The molecule has 0 N–H and O–H groups in total. The quantitative estimate of drug-likeness (QED) is 0.124. The number of non-ortho nitro benzene ring substituents is 1. The van der Waals surface area contributed by atoms with Crippen LogP contribution in [0.5, 0.6) is 0 Å². The van der Waals surface area contributed by atoms with E-state index in [1.54, 1.807) is 31.3 Å². The van der Waals surface area contributed by atoms with Crippen LogP contribution < -0.4 is 0 Å². The normalized spacial score (nSPS) is 17.2. The minimum atomic E-state index is -0.943. The molecule has 0 bridgehead atoms. The Hall–Kier alpha value is -3.31. The van der Waals surface area contributed by atoms with E-state index in [0.717, 1.165) is 36.4 Å². The third-order valence-electron chi connectivity index (χ3n) is 6.09. The second-order valence-electron chi connectivity index (χ2n) is 8.79. The van der Waals surface area contributed by atoms with E-state index in [4.69, 9.17) is 21.7 Å². The van der Waals surface area contributed by atoms with E-state index in [1.165, 1.54) is 25.3 Å². The number of rotatable bonds is 10. The zero-order chi connectivity index (χ0) is 27.1.